The standard InChI is InChI=1S/C14H21NS/c1-10(2)16-9-13(15)8-12-7-11-5-3-4-6-14(11)12/h3-6,10,12-13H,7-9,15H2,1-2H3. The number of thioether (sulfide) groups is 1. The monoisotopic (exact) mass is 235 g/mol. The molecule has 0 saturated carbocycles. The SMILES string of the molecule is CC(C)SCC(N)CC1Cc2ccccc21. The minimum Gasteiger partial charge on any atom is -0.327 e. The molecule has 0 spiro atoms. The quantitative estimate of drug-likeness (QED) is 0.848. The van der Waals surface area contributed by atoms with Crippen LogP contribution in [0, 0.1) is 0 Å². The predicted octanol–water partition coefficient (Wildman–Crippen LogP) is 3.19. The van der Waals surface area contributed by atoms with Gasteiger partial charge in [-0.05, 0) is 35.1 Å². The number of benzene rings is 1. The zero-order valence-electron chi connectivity index (χ0n) is 10.1. The van der Waals surface area contributed by atoms with Gasteiger partial charge in [0.1, 0.15) is 0 Å². The Kier molecular flexibility index (Phi) is 3.93. The molecule has 1 aliphatic carbocycles. The molecule has 1 aliphatic rings. The number of hydrogen-bond acceptors (Lipinski definition) is 2. The van der Waals surface area contributed by atoms with E-state index in [1.807, 2.05) is 11.8 Å². The summed E-state index contributed by atoms with van der Waals surface area (Å²) in [5.74, 6) is 1.81. The molecule has 2 heteroatoms. The normalized spacial score (nSPS) is 20.4. The molecule has 2 N–H and O–H groups in total. The van der Waals surface area contributed by atoms with E-state index in [1.54, 1.807) is 0 Å². The molecular weight excluding hydrogens is 214 g/mol. The average molecular weight is 235 g/mol. The first-order valence-corrected chi connectivity index (χ1v) is 7.16. The lowest BCUT2D eigenvalue weighted by molar-refractivity contribution is 0.510. The molecule has 0 bridgehead atoms. The van der Waals surface area contributed by atoms with Crippen LogP contribution in [-0.4, -0.2) is 17.0 Å². The van der Waals surface area contributed by atoms with Gasteiger partial charge in [0.05, 0.1) is 0 Å². The van der Waals surface area contributed by atoms with Crippen molar-refractivity contribution in [2.75, 3.05) is 5.75 Å². The van der Waals surface area contributed by atoms with Crippen LogP contribution in [0.2, 0.25) is 0 Å². The number of hydrogen-bond donors (Lipinski definition) is 1. The van der Waals surface area contributed by atoms with Crippen molar-refractivity contribution in [1.29, 1.82) is 0 Å². The maximum Gasteiger partial charge on any atom is 0.0136 e. The van der Waals surface area contributed by atoms with Gasteiger partial charge >= 0.3 is 0 Å². The summed E-state index contributed by atoms with van der Waals surface area (Å²) >= 11 is 1.97. The number of nitrogens with two attached hydrogens (primary N) is 1. The van der Waals surface area contributed by atoms with E-state index in [4.69, 9.17) is 5.73 Å². The Morgan fingerprint density at radius 2 is 2.12 bits per heavy atom. The highest BCUT2D eigenvalue weighted by molar-refractivity contribution is 7.99. The van der Waals surface area contributed by atoms with Gasteiger partial charge in [-0.2, -0.15) is 11.8 Å². The molecule has 1 nitrogen and oxygen atoms in total. The summed E-state index contributed by atoms with van der Waals surface area (Å²) < 4.78 is 0. The largest absolute Gasteiger partial charge is 0.327 e. The Morgan fingerprint density at radius 3 is 2.81 bits per heavy atom. The second-order valence-corrected chi connectivity index (χ2v) is 6.59. The zero-order valence-corrected chi connectivity index (χ0v) is 11.0. The first kappa shape index (κ1) is 12.0. The Balaban J connectivity index is 1.80. The second kappa shape index (κ2) is 5.24. The van der Waals surface area contributed by atoms with E-state index in [0.717, 1.165) is 18.1 Å². The van der Waals surface area contributed by atoms with Crippen molar-refractivity contribution >= 4 is 11.8 Å². The summed E-state index contributed by atoms with van der Waals surface area (Å²) in [6, 6.07) is 9.11. The van der Waals surface area contributed by atoms with Crippen LogP contribution in [0.15, 0.2) is 24.3 Å². The molecule has 0 heterocycles. The van der Waals surface area contributed by atoms with Gasteiger partial charge in [0.25, 0.3) is 0 Å². The fourth-order valence-corrected chi connectivity index (χ4v) is 3.09. The molecule has 0 fully saturated rings. The van der Waals surface area contributed by atoms with Crippen molar-refractivity contribution in [1.82, 2.24) is 0 Å². The smallest absolute Gasteiger partial charge is 0.0136 e. The van der Waals surface area contributed by atoms with E-state index in [2.05, 4.69) is 38.1 Å². The summed E-state index contributed by atoms with van der Waals surface area (Å²) in [6.07, 6.45) is 2.38. The molecule has 2 rings (SSSR count). The zero-order chi connectivity index (χ0) is 11.5. The molecule has 1 aromatic carbocycles. The van der Waals surface area contributed by atoms with Crippen LogP contribution >= 0.6 is 11.8 Å². The maximum atomic E-state index is 6.17. The van der Waals surface area contributed by atoms with Gasteiger partial charge in [0.2, 0.25) is 0 Å². The number of fused-ring (bicyclic) bond motifs is 1. The van der Waals surface area contributed by atoms with Gasteiger partial charge in [0, 0.05) is 11.8 Å². The minimum atomic E-state index is 0.353. The molecule has 88 valence electrons. The van der Waals surface area contributed by atoms with E-state index < -0.39 is 0 Å². The molecule has 16 heavy (non-hydrogen) atoms. The first-order valence-electron chi connectivity index (χ1n) is 6.11. The highest BCUT2D eigenvalue weighted by atomic mass is 32.2. The average Bonchev–Trinajstić information content (AvgIpc) is 2.23. The Bertz CT molecular complexity index is 348. The molecule has 0 aliphatic heterocycles. The summed E-state index contributed by atoms with van der Waals surface area (Å²) in [6.45, 7) is 4.46. The van der Waals surface area contributed by atoms with E-state index in [0.29, 0.717) is 11.3 Å². The number of rotatable bonds is 5. The van der Waals surface area contributed by atoms with Crippen molar-refractivity contribution in [3.05, 3.63) is 35.4 Å². The summed E-state index contributed by atoms with van der Waals surface area (Å²) in [5.41, 5.74) is 9.23. The topological polar surface area (TPSA) is 26.0 Å². The van der Waals surface area contributed by atoms with Gasteiger partial charge in [-0.25, -0.2) is 0 Å². The molecule has 0 aromatic heterocycles. The van der Waals surface area contributed by atoms with E-state index in [1.165, 1.54) is 17.5 Å². The molecular formula is C14H21NS. The lowest BCUT2D eigenvalue weighted by Crippen LogP contribution is -2.30. The van der Waals surface area contributed by atoms with Crippen molar-refractivity contribution < 1.29 is 0 Å². The van der Waals surface area contributed by atoms with Crippen LogP contribution in [0.3, 0.4) is 0 Å². The molecule has 2 unspecified atom stereocenters. The Morgan fingerprint density at radius 1 is 1.38 bits per heavy atom. The second-order valence-electron chi connectivity index (χ2n) is 4.98. The fraction of sp³-hybridized carbons (Fsp3) is 0.571. The highest BCUT2D eigenvalue weighted by Crippen LogP contribution is 2.38. The lowest BCUT2D eigenvalue weighted by atomic mass is 9.75. The Labute approximate surface area is 103 Å². The van der Waals surface area contributed by atoms with E-state index in [9.17, 15) is 0 Å². The van der Waals surface area contributed by atoms with Crippen LogP contribution in [-0.2, 0) is 6.42 Å². The van der Waals surface area contributed by atoms with Crippen molar-refractivity contribution in [2.45, 2.75) is 43.9 Å². The van der Waals surface area contributed by atoms with Gasteiger partial charge in [-0.15, -0.1) is 0 Å². The van der Waals surface area contributed by atoms with Crippen molar-refractivity contribution in [2.24, 2.45) is 5.73 Å². The van der Waals surface area contributed by atoms with E-state index >= 15 is 0 Å². The maximum absolute atomic E-state index is 6.17. The van der Waals surface area contributed by atoms with Gasteiger partial charge < -0.3 is 5.73 Å². The molecule has 2 atom stereocenters. The van der Waals surface area contributed by atoms with Crippen molar-refractivity contribution in [3.8, 4) is 0 Å². The van der Waals surface area contributed by atoms with Crippen LogP contribution in [0.25, 0.3) is 0 Å². The summed E-state index contributed by atoms with van der Waals surface area (Å²) in [7, 11) is 0. The fourth-order valence-electron chi connectivity index (χ4n) is 2.32. The molecule has 1 aromatic rings. The summed E-state index contributed by atoms with van der Waals surface area (Å²) in [4.78, 5) is 0. The van der Waals surface area contributed by atoms with Crippen LogP contribution < -0.4 is 5.73 Å². The first-order chi connectivity index (χ1) is 7.66. The highest BCUT2D eigenvalue weighted by Gasteiger charge is 2.26. The third-order valence-electron chi connectivity index (χ3n) is 3.19. The third kappa shape index (κ3) is 2.80. The predicted molar refractivity (Wildman–Crippen MR) is 73.1 cm³/mol. The van der Waals surface area contributed by atoms with E-state index in [-0.39, 0.29) is 0 Å². The summed E-state index contributed by atoms with van der Waals surface area (Å²) in [5, 5.41) is 0.694. The van der Waals surface area contributed by atoms with Crippen LogP contribution in [0.4, 0.5) is 0 Å². The van der Waals surface area contributed by atoms with Gasteiger partial charge in [-0.3, -0.25) is 0 Å². The molecule has 0 saturated heterocycles. The van der Waals surface area contributed by atoms with Crippen molar-refractivity contribution in [3.63, 3.8) is 0 Å². The Hall–Kier alpha value is -0.470. The lowest BCUT2D eigenvalue weighted by Gasteiger charge is -2.32. The third-order valence-corrected chi connectivity index (χ3v) is 4.48. The van der Waals surface area contributed by atoms with Crippen LogP contribution in [0.1, 0.15) is 37.3 Å². The van der Waals surface area contributed by atoms with Crippen LogP contribution in [0.5, 0.6) is 0 Å². The van der Waals surface area contributed by atoms with Gasteiger partial charge in [-0.1, -0.05) is 38.1 Å². The van der Waals surface area contributed by atoms with Gasteiger partial charge in [0.15, 0.2) is 0 Å². The minimum absolute atomic E-state index is 0.353. The molecule has 0 amide bonds. The molecule has 0 radical (unpaired) electrons.